The molecule has 1 heterocycles. The van der Waals surface area contributed by atoms with Gasteiger partial charge in [0.2, 0.25) is 0 Å². The average Bonchev–Trinajstić information content (AvgIpc) is 3.34. The maximum absolute atomic E-state index is 5.87. The van der Waals surface area contributed by atoms with Crippen LogP contribution < -0.4 is 10.1 Å². The Hall–Kier alpha value is -1.10. The van der Waals surface area contributed by atoms with Gasteiger partial charge in [0, 0.05) is 37.8 Å². The predicted octanol–water partition coefficient (Wildman–Crippen LogP) is 2.04. The van der Waals surface area contributed by atoms with E-state index < -0.39 is 0 Å². The molecule has 1 aliphatic heterocycles. The molecule has 1 N–H and O–H groups in total. The lowest BCUT2D eigenvalue weighted by Gasteiger charge is -2.33. The molecular formula is C17H26N2O2. The number of ether oxygens (including phenoxy) is 2. The summed E-state index contributed by atoms with van der Waals surface area (Å²) in [5, 5.41) is 3.52. The van der Waals surface area contributed by atoms with Gasteiger partial charge in [-0.1, -0.05) is 18.2 Å². The molecule has 1 aliphatic carbocycles. The highest BCUT2D eigenvalue weighted by molar-refractivity contribution is 5.33. The van der Waals surface area contributed by atoms with E-state index in [2.05, 4.69) is 22.3 Å². The first-order valence-corrected chi connectivity index (χ1v) is 8.14. The summed E-state index contributed by atoms with van der Waals surface area (Å²) >= 11 is 0. The van der Waals surface area contributed by atoms with Crippen molar-refractivity contribution in [3.8, 4) is 5.75 Å². The summed E-state index contributed by atoms with van der Waals surface area (Å²) in [6, 6.07) is 9.08. The third-order valence-electron chi connectivity index (χ3n) is 4.19. The molecule has 21 heavy (non-hydrogen) atoms. The third-order valence-corrected chi connectivity index (χ3v) is 4.19. The van der Waals surface area contributed by atoms with Crippen LogP contribution in [0.5, 0.6) is 5.75 Å². The second-order valence-electron chi connectivity index (χ2n) is 5.89. The van der Waals surface area contributed by atoms with Crippen molar-refractivity contribution >= 4 is 0 Å². The molecule has 116 valence electrons. The number of nitrogens with one attached hydrogen (secondary N) is 1. The van der Waals surface area contributed by atoms with E-state index in [1.807, 2.05) is 19.1 Å². The Labute approximate surface area is 127 Å². The molecule has 3 rings (SSSR count). The summed E-state index contributed by atoms with van der Waals surface area (Å²) in [4.78, 5) is 2.59. The number of nitrogens with zero attached hydrogens (tertiary/aromatic N) is 1. The molecule has 4 heteroatoms. The first-order valence-electron chi connectivity index (χ1n) is 8.14. The Morgan fingerprint density at radius 1 is 1.33 bits per heavy atom. The van der Waals surface area contributed by atoms with E-state index in [9.17, 15) is 0 Å². The Kier molecular flexibility index (Phi) is 5.12. The van der Waals surface area contributed by atoms with Crippen molar-refractivity contribution in [2.45, 2.75) is 38.5 Å². The van der Waals surface area contributed by atoms with Gasteiger partial charge in [0.15, 0.2) is 0 Å². The summed E-state index contributed by atoms with van der Waals surface area (Å²) in [7, 11) is 0. The number of benzene rings is 1. The third kappa shape index (κ3) is 4.19. The van der Waals surface area contributed by atoms with Crippen molar-refractivity contribution in [1.82, 2.24) is 10.2 Å². The highest BCUT2D eigenvalue weighted by atomic mass is 16.5. The van der Waals surface area contributed by atoms with Crippen molar-refractivity contribution in [2.24, 2.45) is 0 Å². The van der Waals surface area contributed by atoms with Gasteiger partial charge in [0.1, 0.15) is 5.75 Å². The van der Waals surface area contributed by atoms with Crippen molar-refractivity contribution in [2.75, 3.05) is 32.8 Å². The van der Waals surface area contributed by atoms with Crippen molar-refractivity contribution < 1.29 is 9.47 Å². The van der Waals surface area contributed by atoms with Crippen molar-refractivity contribution in [1.29, 1.82) is 0 Å². The quantitative estimate of drug-likeness (QED) is 0.833. The highest BCUT2D eigenvalue weighted by Gasteiger charge is 2.32. The van der Waals surface area contributed by atoms with E-state index in [0.717, 1.165) is 44.6 Å². The van der Waals surface area contributed by atoms with Crippen LogP contribution in [-0.2, 0) is 11.3 Å². The van der Waals surface area contributed by atoms with E-state index in [-0.39, 0.29) is 0 Å². The smallest absolute Gasteiger partial charge is 0.123 e. The van der Waals surface area contributed by atoms with Gasteiger partial charge in [0.05, 0.1) is 19.3 Å². The lowest BCUT2D eigenvalue weighted by atomic mass is 10.2. The molecule has 0 unspecified atom stereocenters. The van der Waals surface area contributed by atoms with Crippen LogP contribution >= 0.6 is 0 Å². The Morgan fingerprint density at radius 2 is 2.19 bits per heavy atom. The number of morpholine rings is 1. The van der Waals surface area contributed by atoms with Crippen LogP contribution in [0.4, 0.5) is 0 Å². The summed E-state index contributed by atoms with van der Waals surface area (Å²) in [5.74, 6) is 0.983. The Bertz CT molecular complexity index is 448. The van der Waals surface area contributed by atoms with Crippen molar-refractivity contribution in [3.05, 3.63) is 29.8 Å². The van der Waals surface area contributed by atoms with E-state index >= 15 is 0 Å². The minimum absolute atomic E-state index is 0.318. The number of para-hydroxylation sites is 1. The molecule has 4 nitrogen and oxygen atoms in total. The predicted molar refractivity (Wildman–Crippen MR) is 83.7 cm³/mol. The first-order chi connectivity index (χ1) is 10.4. The molecule has 1 saturated heterocycles. The van der Waals surface area contributed by atoms with Gasteiger partial charge in [0.25, 0.3) is 0 Å². The zero-order chi connectivity index (χ0) is 14.5. The second kappa shape index (κ2) is 7.25. The molecule has 1 saturated carbocycles. The Balaban J connectivity index is 1.45. The fourth-order valence-corrected chi connectivity index (χ4v) is 2.95. The van der Waals surface area contributed by atoms with Crippen LogP contribution in [-0.4, -0.2) is 49.9 Å². The minimum Gasteiger partial charge on any atom is -0.494 e. The Morgan fingerprint density at radius 3 is 3.00 bits per heavy atom. The van der Waals surface area contributed by atoms with Crippen LogP contribution in [0.3, 0.4) is 0 Å². The fraction of sp³-hybridized carbons (Fsp3) is 0.647. The van der Waals surface area contributed by atoms with Gasteiger partial charge in [-0.05, 0) is 25.8 Å². The lowest BCUT2D eigenvalue weighted by Crippen LogP contribution is -2.47. The monoisotopic (exact) mass is 290 g/mol. The lowest BCUT2D eigenvalue weighted by molar-refractivity contribution is -0.0301. The second-order valence-corrected chi connectivity index (χ2v) is 5.89. The maximum Gasteiger partial charge on any atom is 0.123 e. The fourth-order valence-electron chi connectivity index (χ4n) is 2.95. The molecular weight excluding hydrogens is 264 g/mol. The van der Waals surface area contributed by atoms with Gasteiger partial charge < -0.3 is 14.8 Å². The van der Waals surface area contributed by atoms with Crippen LogP contribution in [0.1, 0.15) is 25.3 Å². The molecule has 0 bridgehead atoms. The van der Waals surface area contributed by atoms with E-state index in [4.69, 9.17) is 9.47 Å². The molecule has 1 atom stereocenters. The standard InChI is InChI=1S/C17H26N2O2/c1-2-20-17-6-4-3-5-14(17)11-18-12-16-13-19(9-10-21-16)15-7-8-15/h3-6,15-16,18H,2,7-13H2,1H3/t16-/m1/s1. The van der Waals surface area contributed by atoms with E-state index in [1.165, 1.54) is 18.4 Å². The molecule has 0 radical (unpaired) electrons. The van der Waals surface area contributed by atoms with Crippen LogP contribution in [0.2, 0.25) is 0 Å². The summed E-state index contributed by atoms with van der Waals surface area (Å²) in [5.41, 5.74) is 1.22. The van der Waals surface area contributed by atoms with Gasteiger partial charge in [-0.2, -0.15) is 0 Å². The maximum atomic E-state index is 5.87. The summed E-state index contributed by atoms with van der Waals surface area (Å²) in [6.07, 6.45) is 3.07. The zero-order valence-electron chi connectivity index (χ0n) is 12.9. The van der Waals surface area contributed by atoms with Crippen LogP contribution in [0, 0.1) is 0 Å². The van der Waals surface area contributed by atoms with E-state index in [0.29, 0.717) is 12.7 Å². The molecule has 0 spiro atoms. The highest BCUT2D eigenvalue weighted by Crippen LogP contribution is 2.28. The van der Waals surface area contributed by atoms with Gasteiger partial charge in [-0.15, -0.1) is 0 Å². The molecule has 0 aromatic heterocycles. The summed E-state index contributed by atoms with van der Waals surface area (Å²) in [6.45, 7) is 7.52. The van der Waals surface area contributed by atoms with Gasteiger partial charge >= 0.3 is 0 Å². The van der Waals surface area contributed by atoms with Crippen LogP contribution in [0.15, 0.2) is 24.3 Å². The number of rotatable bonds is 7. The molecule has 1 aromatic rings. The topological polar surface area (TPSA) is 33.7 Å². The van der Waals surface area contributed by atoms with E-state index in [1.54, 1.807) is 0 Å². The number of hydrogen-bond acceptors (Lipinski definition) is 4. The molecule has 1 aromatic carbocycles. The number of hydrogen-bond donors (Lipinski definition) is 1. The SMILES string of the molecule is CCOc1ccccc1CNC[C@@H]1CN(C2CC2)CCO1. The summed E-state index contributed by atoms with van der Waals surface area (Å²) < 4.78 is 11.5. The average molecular weight is 290 g/mol. The van der Waals surface area contributed by atoms with Crippen LogP contribution in [0.25, 0.3) is 0 Å². The zero-order valence-corrected chi connectivity index (χ0v) is 12.9. The van der Waals surface area contributed by atoms with Gasteiger partial charge in [-0.3, -0.25) is 4.90 Å². The molecule has 2 aliphatic rings. The minimum atomic E-state index is 0.318. The molecule has 2 fully saturated rings. The largest absolute Gasteiger partial charge is 0.494 e. The normalized spacial score (nSPS) is 23.2. The first kappa shape index (κ1) is 14.8. The van der Waals surface area contributed by atoms with Gasteiger partial charge in [-0.25, -0.2) is 0 Å². The van der Waals surface area contributed by atoms with Crippen molar-refractivity contribution in [3.63, 3.8) is 0 Å². The molecule has 0 amide bonds.